The van der Waals surface area contributed by atoms with Crippen LogP contribution in [0.15, 0.2) is 0 Å². The van der Waals surface area contributed by atoms with Gasteiger partial charge in [0, 0.05) is 6.54 Å². The van der Waals surface area contributed by atoms with Gasteiger partial charge >= 0.3 is 0 Å². The average Bonchev–Trinajstić information content (AvgIpc) is 1.78. The fourth-order valence-electron chi connectivity index (χ4n) is 0.869. The van der Waals surface area contributed by atoms with E-state index >= 15 is 0 Å². The summed E-state index contributed by atoms with van der Waals surface area (Å²) in [5.41, 5.74) is -0.259. The minimum atomic E-state index is -3.24. The second kappa shape index (κ2) is 4.39. The first-order valence-corrected chi connectivity index (χ1v) is 5.93. The Labute approximate surface area is 80.4 Å². The molecule has 0 aromatic rings. The molecule has 1 unspecified atom stereocenters. The van der Waals surface area contributed by atoms with Gasteiger partial charge in [-0.15, -0.1) is 0 Å². The molecule has 0 bridgehead atoms. The molecule has 0 aliphatic rings. The first-order valence-electron chi connectivity index (χ1n) is 4.28. The molecule has 4 nitrogen and oxygen atoms in total. The van der Waals surface area contributed by atoms with Crippen molar-refractivity contribution < 1.29 is 13.5 Å². The maximum Gasteiger partial charge on any atom is 0.212 e. The molecule has 0 radical (unpaired) electrons. The highest BCUT2D eigenvalue weighted by Crippen LogP contribution is 2.14. The lowest BCUT2D eigenvalue weighted by Crippen LogP contribution is -2.36. The SMILES string of the molecule is CC(O)CNS(=O)(=O)CC(C)(C)C. The standard InChI is InChI=1S/C8H19NO3S/c1-7(10)5-9-13(11,12)6-8(2,3)4/h7,9-10H,5-6H2,1-4H3. The lowest BCUT2D eigenvalue weighted by atomic mass is 10.0. The summed E-state index contributed by atoms with van der Waals surface area (Å²) in [6.45, 7) is 7.19. The third kappa shape index (κ3) is 8.21. The molecule has 0 spiro atoms. The monoisotopic (exact) mass is 209 g/mol. The molecule has 80 valence electrons. The van der Waals surface area contributed by atoms with Crippen molar-refractivity contribution in [3.8, 4) is 0 Å². The molecule has 0 aliphatic heterocycles. The predicted molar refractivity (Wildman–Crippen MR) is 52.9 cm³/mol. The summed E-state index contributed by atoms with van der Waals surface area (Å²) < 4.78 is 25.0. The van der Waals surface area contributed by atoms with Crippen LogP contribution in [0.25, 0.3) is 0 Å². The number of rotatable bonds is 4. The second-order valence-electron chi connectivity index (χ2n) is 4.52. The molecule has 0 aliphatic carbocycles. The summed E-state index contributed by atoms with van der Waals surface area (Å²) in [6.07, 6.45) is -0.644. The first kappa shape index (κ1) is 12.9. The van der Waals surface area contributed by atoms with Crippen LogP contribution in [0.3, 0.4) is 0 Å². The summed E-state index contributed by atoms with van der Waals surface area (Å²) in [6, 6.07) is 0. The van der Waals surface area contributed by atoms with Gasteiger partial charge in [0.25, 0.3) is 0 Å². The molecule has 0 rings (SSSR count). The average molecular weight is 209 g/mol. The van der Waals surface area contributed by atoms with Crippen molar-refractivity contribution in [3.05, 3.63) is 0 Å². The Morgan fingerprint density at radius 2 is 1.85 bits per heavy atom. The molecule has 1 atom stereocenters. The summed E-state index contributed by atoms with van der Waals surface area (Å²) in [7, 11) is -3.24. The molecule has 0 aromatic heterocycles. The highest BCUT2D eigenvalue weighted by molar-refractivity contribution is 7.89. The minimum absolute atomic E-state index is 0.0761. The van der Waals surface area contributed by atoms with E-state index in [4.69, 9.17) is 5.11 Å². The third-order valence-electron chi connectivity index (χ3n) is 1.22. The van der Waals surface area contributed by atoms with Crippen LogP contribution in [0.5, 0.6) is 0 Å². The molecule has 2 N–H and O–H groups in total. The lowest BCUT2D eigenvalue weighted by molar-refractivity contribution is 0.198. The number of sulfonamides is 1. The Hall–Kier alpha value is -0.130. The van der Waals surface area contributed by atoms with Crippen LogP contribution >= 0.6 is 0 Å². The van der Waals surface area contributed by atoms with Crippen LogP contribution < -0.4 is 4.72 Å². The van der Waals surface area contributed by atoms with Crippen molar-refractivity contribution in [3.63, 3.8) is 0 Å². The van der Waals surface area contributed by atoms with Gasteiger partial charge in [-0.3, -0.25) is 0 Å². The van der Waals surface area contributed by atoms with Crippen LogP contribution in [0.1, 0.15) is 27.7 Å². The summed E-state index contributed by atoms with van der Waals surface area (Å²) in [5, 5.41) is 8.89. The van der Waals surface area contributed by atoms with Crippen LogP contribution in [0.4, 0.5) is 0 Å². The van der Waals surface area contributed by atoms with Gasteiger partial charge in [0.15, 0.2) is 0 Å². The smallest absolute Gasteiger partial charge is 0.212 e. The third-order valence-corrected chi connectivity index (χ3v) is 3.07. The van der Waals surface area contributed by atoms with Gasteiger partial charge in [-0.2, -0.15) is 0 Å². The van der Waals surface area contributed by atoms with E-state index in [9.17, 15) is 8.42 Å². The largest absolute Gasteiger partial charge is 0.392 e. The molecule has 0 amide bonds. The van der Waals surface area contributed by atoms with Crippen LogP contribution in [0.2, 0.25) is 0 Å². The summed E-state index contributed by atoms with van der Waals surface area (Å²) >= 11 is 0. The van der Waals surface area contributed by atoms with E-state index < -0.39 is 16.1 Å². The van der Waals surface area contributed by atoms with Gasteiger partial charge in [-0.05, 0) is 12.3 Å². The maximum absolute atomic E-state index is 11.3. The van der Waals surface area contributed by atoms with Gasteiger partial charge in [0.2, 0.25) is 10.0 Å². The summed E-state index contributed by atoms with van der Waals surface area (Å²) in [4.78, 5) is 0. The Bertz CT molecular complexity index is 239. The topological polar surface area (TPSA) is 66.4 Å². The quantitative estimate of drug-likeness (QED) is 0.701. The van der Waals surface area contributed by atoms with Crippen molar-refractivity contribution in [2.24, 2.45) is 5.41 Å². The van der Waals surface area contributed by atoms with Gasteiger partial charge < -0.3 is 5.11 Å². The van der Waals surface area contributed by atoms with Gasteiger partial charge in [0.05, 0.1) is 11.9 Å². The number of nitrogens with one attached hydrogen (secondary N) is 1. The lowest BCUT2D eigenvalue weighted by Gasteiger charge is -2.18. The Kier molecular flexibility index (Phi) is 4.35. The zero-order valence-electron chi connectivity index (χ0n) is 8.66. The van der Waals surface area contributed by atoms with Gasteiger partial charge in [0.1, 0.15) is 0 Å². The zero-order valence-corrected chi connectivity index (χ0v) is 9.48. The number of hydrogen-bond acceptors (Lipinski definition) is 3. The molecule has 0 saturated heterocycles. The van der Waals surface area contributed by atoms with E-state index in [1.807, 2.05) is 20.8 Å². The molecule has 0 heterocycles. The fourth-order valence-corrected chi connectivity index (χ4v) is 2.61. The minimum Gasteiger partial charge on any atom is -0.392 e. The first-order chi connectivity index (χ1) is 5.62. The van der Waals surface area contributed by atoms with E-state index in [0.29, 0.717) is 0 Å². The van der Waals surface area contributed by atoms with E-state index in [2.05, 4.69) is 4.72 Å². The van der Waals surface area contributed by atoms with E-state index in [1.165, 1.54) is 0 Å². The number of aliphatic hydroxyl groups is 1. The van der Waals surface area contributed by atoms with E-state index in [-0.39, 0.29) is 17.7 Å². The van der Waals surface area contributed by atoms with Crippen molar-refractivity contribution in [2.45, 2.75) is 33.8 Å². The van der Waals surface area contributed by atoms with Crippen molar-refractivity contribution in [2.75, 3.05) is 12.3 Å². The molecule has 0 aromatic carbocycles. The van der Waals surface area contributed by atoms with Crippen molar-refractivity contribution in [1.29, 1.82) is 0 Å². The predicted octanol–water partition coefficient (Wildman–Crippen LogP) is 0.333. The Morgan fingerprint density at radius 3 is 2.15 bits per heavy atom. The summed E-state index contributed by atoms with van der Waals surface area (Å²) in [5.74, 6) is 0.0761. The molecule has 5 heteroatoms. The molecule has 0 saturated carbocycles. The van der Waals surface area contributed by atoms with Crippen LogP contribution in [-0.4, -0.2) is 31.9 Å². The van der Waals surface area contributed by atoms with Gasteiger partial charge in [-0.1, -0.05) is 20.8 Å². The van der Waals surface area contributed by atoms with Crippen LogP contribution in [-0.2, 0) is 10.0 Å². The number of aliphatic hydroxyl groups excluding tert-OH is 1. The fraction of sp³-hybridized carbons (Fsp3) is 1.00. The second-order valence-corrected chi connectivity index (χ2v) is 6.32. The van der Waals surface area contributed by atoms with Crippen molar-refractivity contribution >= 4 is 10.0 Å². The highest BCUT2D eigenvalue weighted by atomic mass is 32.2. The molecular weight excluding hydrogens is 190 g/mol. The Balaban J connectivity index is 4.11. The number of hydrogen-bond donors (Lipinski definition) is 2. The van der Waals surface area contributed by atoms with E-state index in [0.717, 1.165) is 0 Å². The molecule has 13 heavy (non-hydrogen) atoms. The van der Waals surface area contributed by atoms with Crippen molar-refractivity contribution in [1.82, 2.24) is 4.72 Å². The molecular formula is C8H19NO3S. The normalized spacial score (nSPS) is 15.8. The Morgan fingerprint density at radius 1 is 1.38 bits per heavy atom. The van der Waals surface area contributed by atoms with Gasteiger partial charge in [-0.25, -0.2) is 13.1 Å². The highest BCUT2D eigenvalue weighted by Gasteiger charge is 2.21. The zero-order chi connectivity index (χ0) is 10.7. The van der Waals surface area contributed by atoms with Crippen LogP contribution in [0, 0.1) is 5.41 Å². The molecule has 0 fully saturated rings. The van der Waals surface area contributed by atoms with E-state index in [1.54, 1.807) is 6.92 Å². The maximum atomic E-state index is 11.3.